The summed E-state index contributed by atoms with van der Waals surface area (Å²) in [6.45, 7) is 3.92. The number of anilines is 1. The number of aryl methyl sites for hydroxylation is 2. The monoisotopic (exact) mass is 342 g/mol. The number of hydrogen-bond acceptors (Lipinski definition) is 4. The standard InChI is InChI=1S/C19H22N2O4/c1-11-5-6-12(2)13(7-11)8-18(22)21-15-10-17(25-4)16(24-3)9-14(15)19(20)23/h5-7,9-10H,8H2,1-4H3,(H2,20,23)(H,21,22). The first-order valence-corrected chi connectivity index (χ1v) is 7.77. The molecule has 0 saturated heterocycles. The first-order valence-electron chi connectivity index (χ1n) is 7.77. The van der Waals surface area contributed by atoms with Crippen molar-refractivity contribution in [1.82, 2.24) is 0 Å². The van der Waals surface area contributed by atoms with E-state index in [0.29, 0.717) is 17.2 Å². The minimum absolute atomic E-state index is 0.159. The second kappa shape index (κ2) is 7.70. The second-order valence-corrected chi connectivity index (χ2v) is 5.77. The molecule has 0 heterocycles. The van der Waals surface area contributed by atoms with Crippen LogP contribution in [-0.2, 0) is 11.2 Å². The molecule has 0 aromatic heterocycles. The van der Waals surface area contributed by atoms with Gasteiger partial charge in [0.2, 0.25) is 5.91 Å². The maximum Gasteiger partial charge on any atom is 0.250 e. The number of amides is 2. The minimum atomic E-state index is -0.664. The summed E-state index contributed by atoms with van der Waals surface area (Å²) >= 11 is 0. The van der Waals surface area contributed by atoms with Gasteiger partial charge in [-0.25, -0.2) is 0 Å². The SMILES string of the molecule is COc1cc(NC(=O)Cc2cc(C)ccc2C)c(C(N)=O)cc1OC. The lowest BCUT2D eigenvalue weighted by Gasteiger charge is -2.14. The van der Waals surface area contributed by atoms with Gasteiger partial charge < -0.3 is 20.5 Å². The van der Waals surface area contributed by atoms with Crippen molar-refractivity contribution in [3.05, 3.63) is 52.6 Å². The molecular weight excluding hydrogens is 320 g/mol. The molecule has 25 heavy (non-hydrogen) atoms. The van der Waals surface area contributed by atoms with Crippen LogP contribution in [0.4, 0.5) is 5.69 Å². The molecule has 3 N–H and O–H groups in total. The summed E-state index contributed by atoms with van der Waals surface area (Å²) in [5.74, 6) is -0.148. The third-order valence-electron chi connectivity index (χ3n) is 3.92. The number of ether oxygens (including phenoxy) is 2. The van der Waals surface area contributed by atoms with Gasteiger partial charge in [0.05, 0.1) is 31.9 Å². The maximum atomic E-state index is 12.4. The molecule has 0 aliphatic rings. The summed E-state index contributed by atoms with van der Waals surface area (Å²) in [7, 11) is 2.94. The van der Waals surface area contributed by atoms with Crippen molar-refractivity contribution in [2.75, 3.05) is 19.5 Å². The highest BCUT2D eigenvalue weighted by Gasteiger charge is 2.17. The lowest BCUT2D eigenvalue weighted by molar-refractivity contribution is -0.115. The molecule has 0 aliphatic heterocycles. The molecule has 2 rings (SSSR count). The third kappa shape index (κ3) is 4.29. The summed E-state index contributed by atoms with van der Waals surface area (Å²) in [5, 5.41) is 2.74. The van der Waals surface area contributed by atoms with Gasteiger partial charge in [0.25, 0.3) is 5.91 Å². The van der Waals surface area contributed by atoms with E-state index in [2.05, 4.69) is 5.32 Å². The molecule has 0 radical (unpaired) electrons. The van der Waals surface area contributed by atoms with E-state index in [1.165, 1.54) is 26.4 Å². The van der Waals surface area contributed by atoms with Crippen molar-refractivity contribution in [2.24, 2.45) is 5.73 Å². The van der Waals surface area contributed by atoms with Crippen LogP contribution in [0.5, 0.6) is 11.5 Å². The predicted molar refractivity (Wildman–Crippen MR) is 96.3 cm³/mol. The number of rotatable bonds is 6. The van der Waals surface area contributed by atoms with E-state index < -0.39 is 5.91 Å². The van der Waals surface area contributed by atoms with Gasteiger partial charge in [-0.15, -0.1) is 0 Å². The highest BCUT2D eigenvalue weighted by atomic mass is 16.5. The van der Waals surface area contributed by atoms with Crippen LogP contribution in [-0.4, -0.2) is 26.0 Å². The Hall–Kier alpha value is -3.02. The number of hydrogen-bond donors (Lipinski definition) is 2. The van der Waals surface area contributed by atoms with Crippen LogP contribution in [0.15, 0.2) is 30.3 Å². The van der Waals surface area contributed by atoms with Crippen LogP contribution < -0.4 is 20.5 Å². The van der Waals surface area contributed by atoms with E-state index in [9.17, 15) is 9.59 Å². The average Bonchev–Trinajstić information content (AvgIpc) is 2.57. The smallest absolute Gasteiger partial charge is 0.250 e. The molecule has 132 valence electrons. The number of nitrogens with two attached hydrogens (primary N) is 1. The molecule has 0 fully saturated rings. The molecular formula is C19H22N2O4. The Bertz CT molecular complexity index is 815. The first-order chi connectivity index (χ1) is 11.8. The molecule has 0 spiro atoms. The Morgan fingerprint density at radius 2 is 1.68 bits per heavy atom. The third-order valence-corrected chi connectivity index (χ3v) is 3.92. The van der Waals surface area contributed by atoms with Crippen LogP contribution in [0.3, 0.4) is 0 Å². The highest BCUT2D eigenvalue weighted by Crippen LogP contribution is 2.33. The topological polar surface area (TPSA) is 90.6 Å². The summed E-state index contributed by atoms with van der Waals surface area (Å²) in [5.41, 5.74) is 8.91. The minimum Gasteiger partial charge on any atom is -0.493 e. The van der Waals surface area contributed by atoms with Crippen LogP contribution in [0.2, 0.25) is 0 Å². The van der Waals surface area contributed by atoms with Crippen molar-refractivity contribution >= 4 is 17.5 Å². The van der Waals surface area contributed by atoms with Crippen molar-refractivity contribution in [3.63, 3.8) is 0 Å². The van der Waals surface area contributed by atoms with Gasteiger partial charge >= 0.3 is 0 Å². The van der Waals surface area contributed by atoms with Gasteiger partial charge in [-0.1, -0.05) is 23.8 Å². The molecule has 0 aliphatic carbocycles. The highest BCUT2D eigenvalue weighted by molar-refractivity contribution is 6.04. The second-order valence-electron chi connectivity index (χ2n) is 5.77. The number of carbonyl (C=O) groups is 2. The van der Waals surface area contributed by atoms with Gasteiger partial charge in [0.15, 0.2) is 11.5 Å². The fourth-order valence-corrected chi connectivity index (χ4v) is 2.54. The normalized spacial score (nSPS) is 10.2. The number of carbonyl (C=O) groups excluding carboxylic acids is 2. The maximum absolute atomic E-state index is 12.4. The van der Waals surface area contributed by atoms with E-state index in [-0.39, 0.29) is 17.9 Å². The van der Waals surface area contributed by atoms with E-state index in [4.69, 9.17) is 15.2 Å². The zero-order chi connectivity index (χ0) is 18.6. The van der Waals surface area contributed by atoms with Crippen molar-refractivity contribution < 1.29 is 19.1 Å². The Kier molecular flexibility index (Phi) is 5.64. The number of benzene rings is 2. The summed E-state index contributed by atoms with van der Waals surface area (Å²) < 4.78 is 10.4. The Morgan fingerprint density at radius 1 is 1.04 bits per heavy atom. The Labute approximate surface area is 146 Å². The predicted octanol–water partition coefficient (Wildman–Crippen LogP) is 2.60. The zero-order valence-electron chi connectivity index (χ0n) is 14.8. The molecule has 2 aromatic carbocycles. The van der Waals surface area contributed by atoms with Crippen LogP contribution >= 0.6 is 0 Å². The van der Waals surface area contributed by atoms with Gasteiger partial charge in [-0.05, 0) is 31.0 Å². The Balaban J connectivity index is 2.30. The van der Waals surface area contributed by atoms with E-state index in [1.54, 1.807) is 0 Å². The lowest BCUT2D eigenvalue weighted by Crippen LogP contribution is -2.20. The van der Waals surface area contributed by atoms with Crippen molar-refractivity contribution in [2.45, 2.75) is 20.3 Å². The van der Waals surface area contributed by atoms with Crippen LogP contribution in [0, 0.1) is 13.8 Å². The van der Waals surface area contributed by atoms with Gasteiger partial charge in [-0.3, -0.25) is 9.59 Å². The van der Waals surface area contributed by atoms with Crippen molar-refractivity contribution in [3.8, 4) is 11.5 Å². The van der Waals surface area contributed by atoms with Gasteiger partial charge in [-0.2, -0.15) is 0 Å². The first kappa shape index (κ1) is 18.3. The molecule has 0 bridgehead atoms. The molecule has 6 heteroatoms. The van der Waals surface area contributed by atoms with E-state index >= 15 is 0 Å². The summed E-state index contributed by atoms with van der Waals surface area (Å²) in [6, 6.07) is 8.92. The van der Waals surface area contributed by atoms with E-state index in [1.807, 2.05) is 32.0 Å². The fourth-order valence-electron chi connectivity index (χ4n) is 2.54. The quantitative estimate of drug-likeness (QED) is 0.844. The molecule has 2 aromatic rings. The van der Waals surface area contributed by atoms with Gasteiger partial charge in [0.1, 0.15) is 0 Å². The average molecular weight is 342 g/mol. The molecule has 6 nitrogen and oxygen atoms in total. The molecule has 0 unspecified atom stereocenters. The van der Waals surface area contributed by atoms with Crippen molar-refractivity contribution in [1.29, 1.82) is 0 Å². The van der Waals surface area contributed by atoms with Crippen LogP contribution in [0.1, 0.15) is 27.0 Å². The Morgan fingerprint density at radius 3 is 2.28 bits per heavy atom. The molecule has 0 atom stereocenters. The number of primary amides is 1. The van der Waals surface area contributed by atoms with Crippen LogP contribution in [0.25, 0.3) is 0 Å². The zero-order valence-corrected chi connectivity index (χ0v) is 14.8. The van der Waals surface area contributed by atoms with Gasteiger partial charge in [0, 0.05) is 6.07 Å². The largest absolute Gasteiger partial charge is 0.493 e. The summed E-state index contributed by atoms with van der Waals surface area (Å²) in [4.78, 5) is 24.1. The fraction of sp³-hybridized carbons (Fsp3) is 0.263. The lowest BCUT2D eigenvalue weighted by atomic mass is 10.0. The molecule has 0 saturated carbocycles. The summed E-state index contributed by atoms with van der Waals surface area (Å²) in [6.07, 6.45) is 0.195. The number of nitrogens with one attached hydrogen (secondary N) is 1. The molecule has 2 amide bonds. The van der Waals surface area contributed by atoms with E-state index in [0.717, 1.165) is 16.7 Å². The number of methoxy groups -OCH3 is 2.